The summed E-state index contributed by atoms with van der Waals surface area (Å²) in [6.45, 7) is 3.30. The lowest BCUT2D eigenvalue weighted by Gasteiger charge is -2.12. The Hall–Kier alpha value is -1.08. The van der Waals surface area contributed by atoms with Gasteiger partial charge in [0.05, 0.1) is 5.25 Å². The minimum Gasteiger partial charge on any atom is -0.307 e. The number of amides is 2. The first kappa shape index (κ1) is 15.0. The molecule has 0 bridgehead atoms. The van der Waals surface area contributed by atoms with Crippen LogP contribution in [0.4, 0.5) is 10.5 Å². The Kier molecular flexibility index (Phi) is 5.15. The molecule has 0 aliphatic rings. The number of urea groups is 1. The summed E-state index contributed by atoms with van der Waals surface area (Å²) in [6.07, 6.45) is 0.445. The third kappa shape index (κ3) is 4.30. The molecule has 0 aliphatic heterocycles. The molecule has 5 nitrogen and oxygen atoms in total. The van der Waals surface area contributed by atoms with Gasteiger partial charge in [0.1, 0.15) is 0 Å². The number of nitrogens with one attached hydrogen (secondary N) is 2. The van der Waals surface area contributed by atoms with Gasteiger partial charge in [-0.25, -0.2) is 17.9 Å². The van der Waals surface area contributed by atoms with E-state index in [-0.39, 0.29) is 0 Å². The van der Waals surface area contributed by atoms with Crippen molar-refractivity contribution in [1.82, 2.24) is 4.72 Å². The van der Waals surface area contributed by atoms with Crippen LogP contribution in [0.5, 0.6) is 0 Å². The van der Waals surface area contributed by atoms with Gasteiger partial charge in [0.2, 0.25) is 10.0 Å². The average molecular weight is 335 g/mol. The van der Waals surface area contributed by atoms with Gasteiger partial charge in [-0.2, -0.15) is 0 Å². The highest BCUT2D eigenvalue weighted by Gasteiger charge is 2.21. The smallest absolute Gasteiger partial charge is 0.307 e. The number of anilines is 1. The third-order valence-corrected chi connectivity index (χ3v) is 4.83. The summed E-state index contributed by atoms with van der Waals surface area (Å²) >= 11 is 3.26. The van der Waals surface area contributed by atoms with Gasteiger partial charge in [-0.3, -0.25) is 0 Å². The molecule has 1 aromatic carbocycles. The second kappa shape index (κ2) is 6.19. The van der Waals surface area contributed by atoms with Gasteiger partial charge in [-0.15, -0.1) is 0 Å². The van der Waals surface area contributed by atoms with Crippen LogP contribution in [0.25, 0.3) is 0 Å². The van der Waals surface area contributed by atoms with E-state index in [1.165, 1.54) is 0 Å². The number of hydrogen-bond donors (Lipinski definition) is 2. The Labute approximate surface area is 115 Å². The number of benzene rings is 1. The molecule has 100 valence electrons. The van der Waals surface area contributed by atoms with Crippen molar-refractivity contribution < 1.29 is 13.2 Å². The van der Waals surface area contributed by atoms with Crippen molar-refractivity contribution >= 4 is 37.7 Å². The van der Waals surface area contributed by atoms with Crippen LogP contribution in [0.1, 0.15) is 20.3 Å². The fraction of sp³-hybridized carbons (Fsp3) is 0.364. The lowest BCUT2D eigenvalue weighted by molar-refractivity contribution is 0.256. The number of sulfonamides is 1. The number of rotatable bonds is 4. The quantitative estimate of drug-likeness (QED) is 0.888. The van der Waals surface area contributed by atoms with E-state index in [1.54, 1.807) is 38.1 Å². The highest BCUT2D eigenvalue weighted by molar-refractivity contribution is 9.10. The first-order valence-electron chi connectivity index (χ1n) is 5.43. The molecule has 2 N–H and O–H groups in total. The number of carbonyl (C=O) groups excluding carboxylic acids is 1. The van der Waals surface area contributed by atoms with Crippen LogP contribution in [0.3, 0.4) is 0 Å². The van der Waals surface area contributed by atoms with Crippen LogP contribution >= 0.6 is 15.9 Å². The van der Waals surface area contributed by atoms with Gasteiger partial charge in [0.25, 0.3) is 0 Å². The molecule has 2 amide bonds. The van der Waals surface area contributed by atoms with Crippen LogP contribution in [-0.4, -0.2) is 19.7 Å². The molecule has 18 heavy (non-hydrogen) atoms. The molecule has 0 aromatic heterocycles. The molecule has 1 rings (SSSR count). The van der Waals surface area contributed by atoms with E-state index in [0.29, 0.717) is 12.1 Å². The predicted molar refractivity (Wildman–Crippen MR) is 75.0 cm³/mol. The second-order valence-electron chi connectivity index (χ2n) is 3.83. The summed E-state index contributed by atoms with van der Waals surface area (Å²) in [6, 6.07) is 6.08. The lowest BCUT2D eigenvalue weighted by atomic mass is 10.3. The molecule has 0 fully saturated rings. The summed E-state index contributed by atoms with van der Waals surface area (Å²) < 4.78 is 26.1. The monoisotopic (exact) mass is 334 g/mol. The molecule has 1 atom stereocenters. The SMILES string of the molecule is CCC(C)S(=O)(=O)NC(=O)Nc1ccc(Br)cc1. The summed E-state index contributed by atoms with van der Waals surface area (Å²) in [5.41, 5.74) is 0.523. The van der Waals surface area contributed by atoms with Crippen molar-refractivity contribution in [1.29, 1.82) is 0 Å². The van der Waals surface area contributed by atoms with E-state index in [4.69, 9.17) is 0 Å². The highest BCUT2D eigenvalue weighted by Crippen LogP contribution is 2.14. The van der Waals surface area contributed by atoms with Crippen LogP contribution < -0.4 is 10.0 Å². The largest absolute Gasteiger partial charge is 0.332 e. The first-order chi connectivity index (χ1) is 8.35. The first-order valence-corrected chi connectivity index (χ1v) is 7.77. The second-order valence-corrected chi connectivity index (χ2v) is 6.84. The maximum Gasteiger partial charge on any atom is 0.332 e. The predicted octanol–water partition coefficient (Wildman–Crippen LogP) is 2.70. The Morgan fingerprint density at radius 3 is 2.39 bits per heavy atom. The van der Waals surface area contributed by atoms with Gasteiger partial charge >= 0.3 is 6.03 Å². The van der Waals surface area contributed by atoms with Crippen molar-refractivity contribution in [3.63, 3.8) is 0 Å². The zero-order valence-electron chi connectivity index (χ0n) is 10.1. The van der Waals surface area contributed by atoms with Crippen molar-refractivity contribution in [2.24, 2.45) is 0 Å². The molecule has 7 heteroatoms. The minimum absolute atomic E-state index is 0.445. The average Bonchev–Trinajstić information content (AvgIpc) is 2.30. The van der Waals surface area contributed by atoms with E-state index in [1.807, 2.05) is 4.72 Å². The molecular formula is C11H15BrN2O3S. The van der Waals surface area contributed by atoms with Gasteiger partial charge in [-0.1, -0.05) is 22.9 Å². The topological polar surface area (TPSA) is 75.3 Å². The zero-order chi connectivity index (χ0) is 13.8. The lowest BCUT2D eigenvalue weighted by Crippen LogP contribution is -2.39. The Balaban J connectivity index is 2.65. The Morgan fingerprint density at radius 1 is 1.33 bits per heavy atom. The van der Waals surface area contributed by atoms with Gasteiger partial charge in [-0.05, 0) is 37.6 Å². The molecule has 1 aromatic rings. The van der Waals surface area contributed by atoms with E-state index in [9.17, 15) is 13.2 Å². The fourth-order valence-electron chi connectivity index (χ4n) is 1.14. The van der Waals surface area contributed by atoms with Crippen molar-refractivity contribution in [3.05, 3.63) is 28.7 Å². The van der Waals surface area contributed by atoms with E-state index in [2.05, 4.69) is 21.2 Å². The molecular weight excluding hydrogens is 320 g/mol. The summed E-state index contributed by atoms with van der Waals surface area (Å²) in [7, 11) is -3.61. The minimum atomic E-state index is -3.61. The van der Waals surface area contributed by atoms with Gasteiger partial charge < -0.3 is 5.32 Å². The summed E-state index contributed by atoms with van der Waals surface area (Å²) in [5, 5.41) is 1.85. The van der Waals surface area contributed by atoms with Crippen LogP contribution in [0, 0.1) is 0 Å². The number of halogens is 1. The number of carbonyl (C=O) groups is 1. The Bertz CT molecular complexity index is 514. The third-order valence-electron chi connectivity index (χ3n) is 2.44. The molecule has 0 aliphatic carbocycles. The van der Waals surface area contributed by atoms with E-state index >= 15 is 0 Å². The maximum absolute atomic E-state index is 11.6. The highest BCUT2D eigenvalue weighted by atomic mass is 79.9. The van der Waals surface area contributed by atoms with Gasteiger partial charge in [0, 0.05) is 10.2 Å². The zero-order valence-corrected chi connectivity index (χ0v) is 12.5. The molecule has 0 radical (unpaired) electrons. The van der Waals surface area contributed by atoms with Crippen LogP contribution in [0.2, 0.25) is 0 Å². The maximum atomic E-state index is 11.6. The van der Waals surface area contributed by atoms with Crippen molar-refractivity contribution in [3.8, 4) is 0 Å². The molecule has 0 saturated heterocycles. The molecule has 0 spiro atoms. The van der Waals surface area contributed by atoms with Crippen molar-refractivity contribution in [2.75, 3.05) is 5.32 Å². The van der Waals surface area contributed by atoms with Crippen LogP contribution in [-0.2, 0) is 10.0 Å². The Morgan fingerprint density at radius 2 is 1.89 bits per heavy atom. The fourth-order valence-corrected chi connectivity index (χ4v) is 2.35. The molecule has 0 saturated carbocycles. The molecule has 0 heterocycles. The standard InChI is InChI=1S/C11H15BrN2O3S/c1-3-8(2)18(16,17)14-11(15)13-10-6-4-9(12)5-7-10/h4-8H,3H2,1-2H3,(H2,13,14,15). The normalized spacial score (nSPS) is 12.8. The van der Waals surface area contributed by atoms with E-state index < -0.39 is 21.3 Å². The van der Waals surface area contributed by atoms with Crippen LogP contribution in [0.15, 0.2) is 28.7 Å². The van der Waals surface area contributed by atoms with Gasteiger partial charge in [0.15, 0.2) is 0 Å². The summed E-state index contributed by atoms with van der Waals surface area (Å²) in [4.78, 5) is 11.5. The summed E-state index contributed by atoms with van der Waals surface area (Å²) in [5.74, 6) is 0. The molecule has 1 unspecified atom stereocenters. The number of hydrogen-bond acceptors (Lipinski definition) is 3. The van der Waals surface area contributed by atoms with E-state index in [0.717, 1.165) is 4.47 Å². The van der Waals surface area contributed by atoms with Crippen molar-refractivity contribution in [2.45, 2.75) is 25.5 Å².